The van der Waals surface area contributed by atoms with Gasteiger partial charge in [-0.05, 0) is 24.1 Å². The van der Waals surface area contributed by atoms with Crippen LogP contribution in [0.1, 0.15) is 25.3 Å². The molecule has 1 aromatic rings. The van der Waals surface area contributed by atoms with Crippen molar-refractivity contribution in [2.75, 3.05) is 13.7 Å². The number of alkyl carbamates (subject to hydrolysis) is 1. The monoisotopic (exact) mass is 237 g/mol. The first-order valence-electron chi connectivity index (χ1n) is 5.79. The first kappa shape index (κ1) is 13.4. The van der Waals surface area contributed by atoms with Gasteiger partial charge in [-0.1, -0.05) is 25.5 Å². The van der Waals surface area contributed by atoms with Crippen molar-refractivity contribution < 1.29 is 14.3 Å². The summed E-state index contributed by atoms with van der Waals surface area (Å²) in [4.78, 5) is 11.3. The Bertz CT molecular complexity index is 352. The second-order valence-corrected chi connectivity index (χ2v) is 3.69. The first-order chi connectivity index (χ1) is 8.26. The van der Waals surface area contributed by atoms with E-state index in [0.29, 0.717) is 13.2 Å². The Hall–Kier alpha value is -1.71. The van der Waals surface area contributed by atoms with E-state index < -0.39 is 0 Å². The number of ether oxygens (including phenoxy) is 2. The van der Waals surface area contributed by atoms with Crippen molar-refractivity contribution in [3.05, 3.63) is 29.8 Å². The molecule has 0 spiro atoms. The molecular weight excluding hydrogens is 218 g/mol. The average Bonchev–Trinajstić information content (AvgIpc) is 2.37. The summed E-state index contributed by atoms with van der Waals surface area (Å²) in [6.45, 7) is 2.97. The smallest absolute Gasteiger partial charge is 0.407 e. The lowest BCUT2D eigenvalue weighted by Gasteiger charge is -2.07. The summed E-state index contributed by atoms with van der Waals surface area (Å²) < 4.78 is 10.1. The summed E-state index contributed by atoms with van der Waals surface area (Å²) in [5.74, 6) is 0.781. The third-order valence-corrected chi connectivity index (χ3v) is 2.30. The molecule has 1 rings (SSSR count). The number of amides is 1. The van der Waals surface area contributed by atoms with Crippen LogP contribution in [-0.4, -0.2) is 19.8 Å². The normalized spacial score (nSPS) is 9.76. The molecule has 0 aromatic heterocycles. The fourth-order valence-corrected chi connectivity index (χ4v) is 1.32. The van der Waals surface area contributed by atoms with E-state index in [1.807, 2.05) is 24.3 Å². The molecule has 94 valence electrons. The summed E-state index contributed by atoms with van der Waals surface area (Å²) >= 11 is 0. The Balaban J connectivity index is 2.31. The number of carbonyl (C=O) groups excluding carboxylic acids is 1. The second kappa shape index (κ2) is 7.54. The van der Waals surface area contributed by atoms with Gasteiger partial charge in [0.15, 0.2) is 0 Å². The molecule has 0 unspecified atom stereocenters. The van der Waals surface area contributed by atoms with E-state index in [9.17, 15) is 4.79 Å². The number of benzene rings is 1. The number of rotatable bonds is 6. The van der Waals surface area contributed by atoms with Crippen LogP contribution < -0.4 is 10.1 Å². The number of unbranched alkanes of at least 4 members (excludes halogenated alkanes) is 1. The van der Waals surface area contributed by atoms with E-state index in [2.05, 4.69) is 12.2 Å². The van der Waals surface area contributed by atoms with Gasteiger partial charge in [0.25, 0.3) is 0 Å². The summed E-state index contributed by atoms with van der Waals surface area (Å²) in [7, 11) is 1.62. The predicted molar refractivity (Wildman–Crippen MR) is 66.1 cm³/mol. The SMILES string of the molecule is CCCCOC(=O)NCc1cccc(OC)c1. The molecular formula is C13H19NO3. The van der Waals surface area contributed by atoms with Crippen molar-refractivity contribution in [3.8, 4) is 5.75 Å². The lowest BCUT2D eigenvalue weighted by molar-refractivity contribution is 0.144. The molecule has 0 saturated heterocycles. The number of methoxy groups -OCH3 is 1. The highest BCUT2D eigenvalue weighted by atomic mass is 16.5. The second-order valence-electron chi connectivity index (χ2n) is 3.69. The van der Waals surface area contributed by atoms with Crippen molar-refractivity contribution >= 4 is 6.09 Å². The molecule has 17 heavy (non-hydrogen) atoms. The molecule has 0 bridgehead atoms. The maximum atomic E-state index is 11.3. The van der Waals surface area contributed by atoms with Crippen LogP contribution in [0.2, 0.25) is 0 Å². The molecule has 0 radical (unpaired) electrons. The first-order valence-corrected chi connectivity index (χ1v) is 5.79. The van der Waals surface area contributed by atoms with E-state index in [0.717, 1.165) is 24.2 Å². The number of carbonyl (C=O) groups is 1. The van der Waals surface area contributed by atoms with Gasteiger partial charge in [-0.15, -0.1) is 0 Å². The lowest BCUT2D eigenvalue weighted by Crippen LogP contribution is -2.24. The van der Waals surface area contributed by atoms with Crippen LogP contribution >= 0.6 is 0 Å². The quantitative estimate of drug-likeness (QED) is 0.774. The van der Waals surface area contributed by atoms with Crippen LogP contribution in [0.15, 0.2) is 24.3 Å². The highest BCUT2D eigenvalue weighted by Gasteiger charge is 2.01. The van der Waals surface area contributed by atoms with Crippen LogP contribution in [0.5, 0.6) is 5.75 Å². The Morgan fingerprint density at radius 3 is 2.94 bits per heavy atom. The van der Waals surface area contributed by atoms with Gasteiger partial charge >= 0.3 is 6.09 Å². The van der Waals surface area contributed by atoms with Crippen molar-refractivity contribution in [1.82, 2.24) is 5.32 Å². The Morgan fingerprint density at radius 2 is 2.24 bits per heavy atom. The number of hydrogen-bond acceptors (Lipinski definition) is 3. The zero-order valence-electron chi connectivity index (χ0n) is 10.4. The summed E-state index contributed by atoms with van der Waals surface area (Å²) in [6, 6.07) is 7.56. The van der Waals surface area contributed by atoms with Crippen LogP contribution in [0.25, 0.3) is 0 Å². The number of nitrogens with one attached hydrogen (secondary N) is 1. The largest absolute Gasteiger partial charge is 0.497 e. The van der Waals surface area contributed by atoms with Gasteiger partial charge in [0.2, 0.25) is 0 Å². The zero-order chi connectivity index (χ0) is 12.5. The molecule has 0 aliphatic rings. The number of hydrogen-bond donors (Lipinski definition) is 1. The highest BCUT2D eigenvalue weighted by Crippen LogP contribution is 2.12. The molecule has 4 heteroatoms. The third-order valence-electron chi connectivity index (χ3n) is 2.30. The van der Waals surface area contributed by atoms with E-state index in [1.54, 1.807) is 7.11 Å². The van der Waals surface area contributed by atoms with Gasteiger partial charge in [0.05, 0.1) is 13.7 Å². The lowest BCUT2D eigenvalue weighted by atomic mass is 10.2. The Morgan fingerprint density at radius 1 is 1.41 bits per heavy atom. The fourth-order valence-electron chi connectivity index (χ4n) is 1.32. The molecule has 1 aromatic carbocycles. The topological polar surface area (TPSA) is 47.6 Å². The van der Waals surface area contributed by atoms with Gasteiger partial charge in [-0.25, -0.2) is 4.79 Å². The van der Waals surface area contributed by atoms with E-state index in [1.165, 1.54) is 0 Å². The standard InChI is InChI=1S/C13H19NO3/c1-3-4-8-17-13(15)14-10-11-6-5-7-12(9-11)16-2/h5-7,9H,3-4,8,10H2,1-2H3,(H,14,15). The maximum absolute atomic E-state index is 11.3. The molecule has 0 atom stereocenters. The van der Waals surface area contributed by atoms with E-state index in [4.69, 9.17) is 9.47 Å². The van der Waals surface area contributed by atoms with Crippen molar-refractivity contribution in [2.24, 2.45) is 0 Å². The van der Waals surface area contributed by atoms with Crippen molar-refractivity contribution in [2.45, 2.75) is 26.3 Å². The highest BCUT2D eigenvalue weighted by molar-refractivity contribution is 5.67. The van der Waals surface area contributed by atoms with Gasteiger partial charge < -0.3 is 14.8 Å². The Kier molecular flexibility index (Phi) is 5.93. The minimum Gasteiger partial charge on any atom is -0.497 e. The van der Waals surface area contributed by atoms with Crippen molar-refractivity contribution in [3.63, 3.8) is 0 Å². The van der Waals surface area contributed by atoms with Gasteiger partial charge in [-0.2, -0.15) is 0 Å². The molecule has 1 amide bonds. The summed E-state index contributed by atoms with van der Waals surface area (Å²) in [5, 5.41) is 2.69. The summed E-state index contributed by atoms with van der Waals surface area (Å²) in [5.41, 5.74) is 0.983. The van der Waals surface area contributed by atoms with Crippen LogP contribution in [0.4, 0.5) is 4.79 Å². The molecule has 0 aliphatic carbocycles. The molecule has 4 nitrogen and oxygen atoms in total. The van der Waals surface area contributed by atoms with Crippen molar-refractivity contribution in [1.29, 1.82) is 0 Å². The van der Waals surface area contributed by atoms with Crippen LogP contribution in [0.3, 0.4) is 0 Å². The molecule has 0 fully saturated rings. The van der Waals surface area contributed by atoms with Gasteiger partial charge in [-0.3, -0.25) is 0 Å². The maximum Gasteiger partial charge on any atom is 0.407 e. The molecule has 0 saturated carbocycles. The van der Waals surface area contributed by atoms with Gasteiger partial charge in [0, 0.05) is 6.54 Å². The predicted octanol–water partition coefficient (Wildman–Crippen LogP) is 2.72. The van der Waals surface area contributed by atoms with Crippen LogP contribution in [-0.2, 0) is 11.3 Å². The fraction of sp³-hybridized carbons (Fsp3) is 0.462. The minimum absolute atomic E-state index is 0.374. The van der Waals surface area contributed by atoms with Crippen LogP contribution in [0, 0.1) is 0 Å². The minimum atomic E-state index is -0.374. The average molecular weight is 237 g/mol. The van der Waals surface area contributed by atoms with E-state index >= 15 is 0 Å². The zero-order valence-corrected chi connectivity index (χ0v) is 10.4. The Labute approximate surface area is 102 Å². The summed E-state index contributed by atoms with van der Waals surface area (Å²) in [6.07, 6.45) is 1.54. The van der Waals surface area contributed by atoms with E-state index in [-0.39, 0.29) is 6.09 Å². The van der Waals surface area contributed by atoms with Gasteiger partial charge in [0.1, 0.15) is 5.75 Å². The molecule has 0 heterocycles. The third kappa shape index (κ3) is 5.24. The molecule has 0 aliphatic heterocycles. The molecule has 1 N–H and O–H groups in total.